The van der Waals surface area contributed by atoms with Gasteiger partial charge in [-0.1, -0.05) is 18.2 Å². The van der Waals surface area contributed by atoms with E-state index in [-0.39, 0.29) is 11.9 Å². The lowest BCUT2D eigenvalue weighted by atomic mass is 10.1. The maximum Gasteiger partial charge on any atom is 0.234 e. The van der Waals surface area contributed by atoms with E-state index in [1.807, 2.05) is 49.4 Å². The van der Waals surface area contributed by atoms with Crippen LogP contribution in [0.2, 0.25) is 0 Å². The van der Waals surface area contributed by atoms with E-state index in [4.69, 9.17) is 11.0 Å². The molecule has 0 aliphatic heterocycles. The summed E-state index contributed by atoms with van der Waals surface area (Å²) in [5.41, 5.74) is 9.45. The summed E-state index contributed by atoms with van der Waals surface area (Å²) in [6.45, 7) is 1.91. The predicted molar refractivity (Wildman–Crippen MR) is 97.2 cm³/mol. The molecule has 1 aromatic carbocycles. The molecule has 0 unspecified atom stereocenters. The Labute approximate surface area is 149 Å². The van der Waals surface area contributed by atoms with Crippen molar-refractivity contribution >= 4 is 10.9 Å². The molecule has 3 aromatic heterocycles. The van der Waals surface area contributed by atoms with Crippen molar-refractivity contribution in [1.82, 2.24) is 24.7 Å². The molecule has 0 amide bonds. The second-order valence-electron chi connectivity index (χ2n) is 5.92. The van der Waals surface area contributed by atoms with Crippen LogP contribution in [-0.4, -0.2) is 24.7 Å². The van der Waals surface area contributed by atoms with E-state index in [1.165, 1.54) is 0 Å². The molecule has 2 N–H and O–H groups in total. The van der Waals surface area contributed by atoms with Crippen molar-refractivity contribution < 1.29 is 0 Å². The number of nitrogens with two attached hydrogens (primary N) is 1. The van der Waals surface area contributed by atoms with Gasteiger partial charge in [0.25, 0.3) is 0 Å². The Morgan fingerprint density at radius 3 is 2.85 bits per heavy atom. The zero-order chi connectivity index (χ0) is 18.1. The molecule has 4 rings (SSSR count). The van der Waals surface area contributed by atoms with Crippen molar-refractivity contribution in [3.8, 4) is 23.1 Å². The average molecular weight is 341 g/mol. The first-order chi connectivity index (χ1) is 12.7. The van der Waals surface area contributed by atoms with Gasteiger partial charge in [0, 0.05) is 29.3 Å². The van der Waals surface area contributed by atoms with Crippen LogP contribution in [0.25, 0.3) is 28.0 Å². The molecule has 0 bridgehead atoms. The Morgan fingerprint density at radius 1 is 1.15 bits per heavy atom. The van der Waals surface area contributed by atoms with Crippen LogP contribution in [-0.2, 0) is 0 Å². The smallest absolute Gasteiger partial charge is 0.234 e. The zero-order valence-electron chi connectivity index (χ0n) is 14.0. The van der Waals surface area contributed by atoms with Crippen molar-refractivity contribution in [3.63, 3.8) is 0 Å². The fourth-order valence-corrected chi connectivity index (χ4v) is 2.75. The molecule has 0 saturated carbocycles. The number of nitrogens with zero attached hydrogens (tertiary/aromatic N) is 6. The quantitative estimate of drug-likeness (QED) is 0.614. The van der Waals surface area contributed by atoms with Crippen LogP contribution >= 0.6 is 0 Å². The molecule has 7 heteroatoms. The highest BCUT2D eigenvalue weighted by Crippen LogP contribution is 2.25. The Bertz CT molecular complexity index is 1140. The minimum atomic E-state index is -0.130. The van der Waals surface area contributed by atoms with Crippen LogP contribution in [0.4, 0.5) is 0 Å². The number of nitriles is 1. The van der Waals surface area contributed by atoms with E-state index in [2.05, 4.69) is 20.1 Å². The second-order valence-corrected chi connectivity index (χ2v) is 5.92. The van der Waals surface area contributed by atoms with Crippen molar-refractivity contribution in [2.24, 2.45) is 5.73 Å². The fraction of sp³-hybridized carbons (Fsp3) is 0.105. The standard InChI is InChI=1S/C19H15N7/c1-12(21)15-3-2-4-16(24-15)13-5-6-14-11-23-26(17(14)9-13)19-7-8-22-18(10-20)25-19/h2-9,11-12H,21H2,1H3/t12-/m0/s1. The second kappa shape index (κ2) is 6.35. The van der Waals surface area contributed by atoms with Crippen LogP contribution in [0.3, 0.4) is 0 Å². The topological polar surface area (TPSA) is 106 Å². The van der Waals surface area contributed by atoms with Gasteiger partial charge in [0.1, 0.15) is 6.07 Å². The van der Waals surface area contributed by atoms with Crippen molar-refractivity contribution in [2.45, 2.75) is 13.0 Å². The van der Waals surface area contributed by atoms with Gasteiger partial charge >= 0.3 is 0 Å². The monoisotopic (exact) mass is 341 g/mol. The first-order valence-corrected chi connectivity index (χ1v) is 8.10. The first kappa shape index (κ1) is 15.9. The molecule has 0 radical (unpaired) electrons. The van der Waals surface area contributed by atoms with Crippen molar-refractivity contribution in [1.29, 1.82) is 5.26 Å². The number of fused-ring (bicyclic) bond motifs is 1. The van der Waals surface area contributed by atoms with Crippen LogP contribution in [0.1, 0.15) is 24.5 Å². The molecular weight excluding hydrogens is 326 g/mol. The average Bonchev–Trinajstić information content (AvgIpc) is 3.11. The highest BCUT2D eigenvalue weighted by molar-refractivity contribution is 5.84. The van der Waals surface area contributed by atoms with Crippen LogP contribution < -0.4 is 5.73 Å². The molecule has 3 heterocycles. The fourth-order valence-electron chi connectivity index (χ4n) is 2.75. The third-order valence-electron chi connectivity index (χ3n) is 4.06. The number of hydrogen-bond donors (Lipinski definition) is 1. The van der Waals surface area contributed by atoms with Crippen LogP contribution in [0.5, 0.6) is 0 Å². The van der Waals surface area contributed by atoms with Gasteiger partial charge in [0.2, 0.25) is 5.82 Å². The van der Waals surface area contributed by atoms with Gasteiger partial charge in [0.15, 0.2) is 5.82 Å². The van der Waals surface area contributed by atoms with Crippen molar-refractivity contribution in [3.05, 3.63) is 66.4 Å². The Morgan fingerprint density at radius 2 is 2.04 bits per heavy atom. The minimum absolute atomic E-state index is 0.105. The summed E-state index contributed by atoms with van der Waals surface area (Å²) >= 11 is 0. The lowest BCUT2D eigenvalue weighted by Crippen LogP contribution is -2.07. The Kier molecular flexibility index (Phi) is 3.88. The molecule has 0 saturated heterocycles. The molecule has 7 nitrogen and oxygen atoms in total. The van der Waals surface area contributed by atoms with Gasteiger partial charge in [-0.15, -0.1) is 0 Å². The molecule has 1 atom stereocenters. The summed E-state index contributed by atoms with van der Waals surface area (Å²) in [6.07, 6.45) is 3.31. The molecule has 26 heavy (non-hydrogen) atoms. The Balaban J connectivity index is 1.85. The highest BCUT2D eigenvalue weighted by Gasteiger charge is 2.10. The van der Waals surface area contributed by atoms with Gasteiger partial charge in [-0.3, -0.25) is 4.98 Å². The van der Waals surface area contributed by atoms with Gasteiger partial charge in [-0.05, 0) is 25.1 Å². The molecular formula is C19H15N7. The number of rotatable bonds is 3. The summed E-state index contributed by atoms with van der Waals surface area (Å²) < 4.78 is 1.69. The number of pyridine rings is 1. The van der Waals surface area contributed by atoms with E-state index in [9.17, 15) is 0 Å². The largest absolute Gasteiger partial charge is 0.323 e. The van der Waals surface area contributed by atoms with E-state index in [1.54, 1.807) is 23.1 Å². The van der Waals surface area contributed by atoms with E-state index in [0.717, 1.165) is 27.9 Å². The third kappa shape index (κ3) is 2.79. The summed E-state index contributed by atoms with van der Waals surface area (Å²) in [6, 6.07) is 15.3. The maximum absolute atomic E-state index is 9.01. The van der Waals surface area contributed by atoms with Gasteiger partial charge in [-0.25, -0.2) is 9.67 Å². The Hall–Kier alpha value is -3.63. The summed E-state index contributed by atoms with van der Waals surface area (Å²) in [7, 11) is 0. The highest BCUT2D eigenvalue weighted by atomic mass is 15.3. The first-order valence-electron chi connectivity index (χ1n) is 8.10. The number of aromatic nitrogens is 5. The van der Waals surface area contributed by atoms with Gasteiger partial charge in [0.05, 0.1) is 23.1 Å². The van der Waals surface area contributed by atoms with Crippen molar-refractivity contribution in [2.75, 3.05) is 0 Å². The molecule has 4 aromatic rings. The molecule has 126 valence electrons. The normalized spacial score (nSPS) is 12.0. The van der Waals surface area contributed by atoms with E-state index in [0.29, 0.717) is 5.82 Å². The van der Waals surface area contributed by atoms with E-state index < -0.39 is 0 Å². The molecule has 0 spiro atoms. The summed E-state index contributed by atoms with van der Waals surface area (Å²) in [5.74, 6) is 0.648. The van der Waals surface area contributed by atoms with E-state index >= 15 is 0 Å². The lowest BCUT2D eigenvalue weighted by Gasteiger charge is -2.08. The number of benzene rings is 1. The maximum atomic E-state index is 9.01. The van der Waals surface area contributed by atoms with Gasteiger partial charge < -0.3 is 5.73 Å². The SMILES string of the molecule is C[C@H](N)c1cccc(-c2ccc3cnn(-c4ccnc(C#N)n4)c3c2)n1. The summed E-state index contributed by atoms with van der Waals surface area (Å²) in [5, 5.41) is 14.4. The zero-order valence-corrected chi connectivity index (χ0v) is 14.0. The molecule has 0 aliphatic carbocycles. The van der Waals surface area contributed by atoms with Crippen LogP contribution in [0.15, 0.2) is 54.9 Å². The lowest BCUT2D eigenvalue weighted by molar-refractivity contribution is 0.782. The molecule has 0 aliphatic rings. The molecule has 0 fully saturated rings. The number of hydrogen-bond acceptors (Lipinski definition) is 6. The third-order valence-corrected chi connectivity index (χ3v) is 4.06. The predicted octanol–water partition coefficient (Wildman–Crippen LogP) is 2.77. The van der Waals surface area contributed by atoms with Gasteiger partial charge in [-0.2, -0.15) is 15.3 Å². The summed E-state index contributed by atoms with van der Waals surface area (Å²) in [4.78, 5) is 12.8. The van der Waals surface area contributed by atoms with Crippen LogP contribution in [0, 0.1) is 11.3 Å². The minimum Gasteiger partial charge on any atom is -0.323 e.